The van der Waals surface area contributed by atoms with Crippen LogP contribution in [0.2, 0.25) is 0 Å². The Morgan fingerprint density at radius 3 is 2.50 bits per heavy atom. The van der Waals surface area contributed by atoms with E-state index in [2.05, 4.69) is 39.5 Å². The van der Waals surface area contributed by atoms with Gasteiger partial charge in [-0.1, -0.05) is 52.9 Å². The Kier molecular flexibility index (Phi) is 9.49. The van der Waals surface area contributed by atoms with Crippen LogP contribution in [0.15, 0.2) is 11.6 Å². The smallest absolute Gasteiger partial charge is 0.0459 e. The topological polar surface area (TPSA) is 0 Å². The summed E-state index contributed by atoms with van der Waals surface area (Å²) in [6.45, 7) is 6.76. The second kappa shape index (κ2) is 9.51. The number of hydrogen-bond donors (Lipinski definition) is 1. The lowest BCUT2D eigenvalue weighted by Gasteiger charge is -2.15. The number of rotatable bonds is 8. The summed E-state index contributed by atoms with van der Waals surface area (Å²) in [5.74, 6) is 2.69. The van der Waals surface area contributed by atoms with Crippen molar-refractivity contribution in [1.82, 2.24) is 0 Å². The molecule has 0 N–H and O–H groups in total. The van der Waals surface area contributed by atoms with Gasteiger partial charge in [-0.25, -0.2) is 11.6 Å². The standard InChI is InChI=1S/C13H25S/c1-4-5-6-7-8-9-13(11-14)10-12(2)3/h9,11-12,14H,4-8,10H2,1-3H3/q-1/b13-9+. The highest BCUT2D eigenvalue weighted by molar-refractivity contribution is 7.82. The van der Waals surface area contributed by atoms with Crippen molar-refractivity contribution in [2.75, 3.05) is 0 Å². The highest BCUT2D eigenvalue weighted by Crippen LogP contribution is 2.17. The van der Waals surface area contributed by atoms with Crippen LogP contribution >= 0.6 is 12.6 Å². The largest absolute Gasteiger partial charge is 0.253 e. The minimum absolute atomic E-state index is 0.736. The summed E-state index contributed by atoms with van der Waals surface area (Å²) in [4.78, 5) is 0. The summed E-state index contributed by atoms with van der Waals surface area (Å²) in [7, 11) is 0. The zero-order chi connectivity index (χ0) is 10.8. The van der Waals surface area contributed by atoms with E-state index in [1.165, 1.54) is 37.7 Å². The summed E-state index contributed by atoms with van der Waals surface area (Å²) in [5.41, 5.74) is 1.40. The predicted octanol–water partition coefficient (Wildman–Crippen LogP) is 5.02. The zero-order valence-corrected chi connectivity index (χ0v) is 10.8. The fraction of sp³-hybridized carbons (Fsp3) is 0.769. The van der Waals surface area contributed by atoms with Crippen molar-refractivity contribution in [1.29, 1.82) is 0 Å². The Labute approximate surface area is 95.6 Å². The maximum atomic E-state index is 4.24. The van der Waals surface area contributed by atoms with Gasteiger partial charge in [0.1, 0.15) is 0 Å². The van der Waals surface area contributed by atoms with Crippen molar-refractivity contribution in [3.8, 4) is 0 Å². The van der Waals surface area contributed by atoms with Crippen molar-refractivity contribution >= 4 is 12.6 Å². The average Bonchev–Trinajstić information content (AvgIpc) is 2.15. The van der Waals surface area contributed by atoms with Crippen LogP contribution in [-0.4, -0.2) is 0 Å². The molecule has 0 aromatic heterocycles. The summed E-state index contributed by atoms with van der Waals surface area (Å²) in [6.07, 6.45) is 10.1. The first-order valence-corrected chi connectivity index (χ1v) is 6.38. The van der Waals surface area contributed by atoms with E-state index >= 15 is 0 Å². The SMILES string of the molecule is CCCCCC/C=C(/[CH-]S)CC(C)C. The molecule has 0 saturated carbocycles. The molecule has 0 aromatic carbocycles. The van der Waals surface area contributed by atoms with Gasteiger partial charge in [0.05, 0.1) is 0 Å². The third-order valence-electron chi connectivity index (χ3n) is 2.27. The average molecular weight is 213 g/mol. The van der Waals surface area contributed by atoms with E-state index < -0.39 is 0 Å². The summed E-state index contributed by atoms with van der Waals surface area (Å²) in [5, 5.41) is 0. The normalized spacial score (nSPS) is 12.2. The lowest BCUT2D eigenvalue weighted by atomic mass is 10.0. The van der Waals surface area contributed by atoms with Crippen LogP contribution in [0, 0.1) is 11.7 Å². The van der Waals surface area contributed by atoms with E-state index in [4.69, 9.17) is 0 Å². The number of unbranched alkanes of at least 4 members (excludes halogenated alkanes) is 4. The van der Waals surface area contributed by atoms with E-state index in [0.717, 1.165) is 12.3 Å². The summed E-state index contributed by atoms with van der Waals surface area (Å²) < 4.78 is 0. The van der Waals surface area contributed by atoms with Gasteiger partial charge < -0.3 is 0 Å². The Hall–Kier alpha value is -0.0400. The van der Waals surface area contributed by atoms with E-state index in [1.807, 2.05) is 5.75 Å². The quantitative estimate of drug-likeness (QED) is 0.327. The zero-order valence-electron chi connectivity index (χ0n) is 9.92. The molecule has 0 aliphatic rings. The van der Waals surface area contributed by atoms with Crippen molar-refractivity contribution in [3.05, 3.63) is 17.4 Å². The van der Waals surface area contributed by atoms with Crippen LogP contribution < -0.4 is 0 Å². The predicted molar refractivity (Wildman–Crippen MR) is 69.6 cm³/mol. The van der Waals surface area contributed by atoms with Crippen LogP contribution in [0.5, 0.6) is 0 Å². The lowest BCUT2D eigenvalue weighted by molar-refractivity contribution is 0.640. The Morgan fingerprint density at radius 1 is 1.29 bits per heavy atom. The van der Waals surface area contributed by atoms with Crippen LogP contribution in [0.4, 0.5) is 0 Å². The van der Waals surface area contributed by atoms with Gasteiger partial charge in [0.25, 0.3) is 0 Å². The molecule has 0 atom stereocenters. The van der Waals surface area contributed by atoms with Crippen molar-refractivity contribution in [2.45, 2.75) is 59.3 Å². The van der Waals surface area contributed by atoms with Gasteiger partial charge in [0.2, 0.25) is 0 Å². The Balaban J connectivity index is 3.59. The highest BCUT2D eigenvalue weighted by Gasteiger charge is 1.92. The monoisotopic (exact) mass is 213 g/mol. The first kappa shape index (κ1) is 14.0. The molecule has 0 heterocycles. The molecule has 0 fully saturated rings. The van der Waals surface area contributed by atoms with Crippen molar-refractivity contribution < 1.29 is 0 Å². The molecule has 0 rings (SSSR count). The Bertz CT molecular complexity index is 147. The molecule has 14 heavy (non-hydrogen) atoms. The number of thiol groups is 1. The molecule has 0 aliphatic carbocycles. The van der Waals surface area contributed by atoms with Gasteiger partial charge >= 0.3 is 0 Å². The molecule has 0 aliphatic heterocycles. The van der Waals surface area contributed by atoms with Crippen LogP contribution in [0.3, 0.4) is 0 Å². The molecule has 0 radical (unpaired) electrons. The maximum Gasteiger partial charge on any atom is -0.0459 e. The van der Waals surface area contributed by atoms with E-state index in [-0.39, 0.29) is 0 Å². The fourth-order valence-corrected chi connectivity index (χ4v) is 1.73. The van der Waals surface area contributed by atoms with Gasteiger partial charge in [-0.2, -0.15) is 5.75 Å². The van der Waals surface area contributed by atoms with Gasteiger partial charge in [-0.05, 0) is 5.92 Å². The minimum Gasteiger partial charge on any atom is -0.253 e. The molecule has 84 valence electrons. The van der Waals surface area contributed by atoms with Crippen LogP contribution in [-0.2, 0) is 0 Å². The van der Waals surface area contributed by atoms with Crippen LogP contribution in [0.25, 0.3) is 0 Å². The number of hydrogen-bond acceptors (Lipinski definition) is 1. The second-order valence-corrected chi connectivity index (χ2v) is 4.61. The maximum absolute atomic E-state index is 4.24. The Morgan fingerprint density at radius 2 is 2.00 bits per heavy atom. The van der Waals surface area contributed by atoms with Gasteiger partial charge in [-0.15, -0.1) is 6.42 Å². The van der Waals surface area contributed by atoms with Crippen molar-refractivity contribution in [3.63, 3.8) is 0 Å². The molecule has 0 unspecified atom stereocenters. The van der Waals surface area contributed by atoms with Gasteiger partial charge in [0, 0.05) is 0 Å². The number of allylic oxidation sites excluding steroid dienone is 1. The molecule has 0 amide bonds. The molecule has 0 bridgehead atoms. The van der Waals surface area contributed by atoms with Crippen molar-refractivity contribution in [2.24, 2.45) is 5.92 Å². The molecule has 0 saturated heterocycles. The molecular formula is C13H25S-. The molecule has 0 spiro atoms. The second-order valence-electron chi connectivity index (χ2n) is 4.36. The molecule has 0 nitrogen and oxygen atoms in total. The van der Waals surface area contributed by atoms with Gasteiger partial charge in [0.15, 0.2) is 0 Å². The first-order chi connectivity index (χ1) is 6.70. The van der Waals surface area contributed by atoms with E-state index in [0.29, 0.717) is 0 Å². The third kappa shape index (κ3) is 8.55. The third-order valence-corrected chi connectivity index (χ3v) is 2.61. The molecule has 1 heteroatoms. The van der Waals surface area contributed by atoms with E-state index in [9.17, 15) is 0 Å². The highest BCUT2D eigenvalue weighted by atomic mass is 32.1. The van der Waals surface area contributed by atoms with Crippen LogP contribution in [0.1, 0.15) is 59.3 Å². The lowest BCUT2D eigenvalue weighted by Crippen LogP contribution is -1.90. The van der Waals surface area contributed by atoms with Gasteiger partial charge in [-0.3, -0.25) is 12.6 Å². The summed E-state index contributed by atoms with van der Waals surface area (Å²) >= 11 is 4.24. The van der Waals surface area contributed by atoms with E-state index in [1.54, 1.807) is 0 Å². The molecular weight excluding hydrogens is 188 g/mol. The molecule has 0 aromatic rings. The first-order valence-electron chi connectivity index (χ1n) is 5.87. The fourth-order valence-electron chi connectivity index (χ4n) is 1.52. The summed E-state index contributed by atoms with van der Waals surface area (Å²) in [6, 6.07) is 0. The minimum atomic E-state index is 0.736.